The first-order chi connectivity index (χ1) is 7.13. The lowest BCUT2D eigenvalue weighted by molar-refractivity contribution is -0.121. The fourth-order valence-electron chi connectivity index (χ4n) is 1.41. The first kappa shape index (κ1) is 14.7. The fraction of sp³-hybridized carbons (Fsp3) is 0.900. The Kier molecular flexibility index (Phi) is 8.85. The molecule has 0 fully saturated rings. The molecule has 0 bridgehead atoms. The number of amides is 1. The summed E-state index contributed by atoms with van der Waals surface area (Å²) in [7, 11) is 1.64. The molecule has 0 saturated carbocycles. The average Bonchev–Trinajstić information content (AvgIpc) is 2.18. The summed E-state index contributed by atoms with van der Waals surface area (Å²) >= 11 is 1.74. The second-order valence-electron chi connectivity index (χ2n) is 3.61. The lowest BCUT2D eigenvalue weighted by Crippen LogP contribution is -2.41. The molecule has 2 atom stereocenters. The number of aliphatic hydroxyl groups excluding tert-OH is 1. The molecule has 0 aliphatic heterocycles. The summed E-state index contributed by atoms with van der Waals surface area (Å²) in [4.78, 5) is 11.1. The number of carbonyl (C=O) groups is 1. The lowest BCUT2D eigenvalue weighted by Gasteiger charge is -2.21. The number of thioether (sulfide) groups is 1. The van der Waals surface area contributed by atoms with Crippen molar-refractivity contribution in [3.8, 4) is 0 Å². The van der Waals surface area contributed by atoms with Crippen LogP contribution < -0.4 is 10.6 Å². The van der Waals surface area contributed by atoms with Gasteiger partial charge in [-0.3, -0.25) is 4.79 Å². The molecule has 0 heterocycles. The number of aliphatic hydroxyl groups is 1. The van der Waals surface area contributed by atoms with Crippen LogP contribution in [-0.4, -0.2) is 48.8 Å². The van der Waals surface area contributed by atoms with Gasteiger partial charge in [0.25, 0.3) is 0 Å². The van der Waals surface area contributed by atoms with Gasteiger partial charge in [0.1, 0.15) is 0 Å². The van der Waals surface area contributed by atoms with Crippen LogP contribution in [0.15, 0.2) is 0 Å². The largest absolute Gasteiger partial charge is 0.396 e. The zero-order chi connectivity index (χ0) is 11.7. The zero-order valence-electron chi connectivity index (χ0n) is 9.75. The number of hydrogen-bond donors (Lipinski definition) is 3. The number of nitrogens with one attached hydrogen (secondary N) is 2. The molecular formula is C10H22N2O2S. The summed E-state index contributed by atoms with van der Waals surface area (Å²) in [6, 6.07) is 0.429. The molecule has 0 aromatic rings. The van der Waals surface area contributed by atoms with Gasteiger partial charge in [0, 0.05) is 37.9 Å². The standard InChI is InChI=1S/C10H22N2O2S/c1-8(6-10(14)11-2)12-9(4-5-13)7-15-3/h8-9,12-13H,4-7H2,1-3H3,(H,11,14). The smallest absolute Gasteiger partial charge is 0.221 e. The third-order valence-corrected chi connectivity index (χ3v) is 2.87. The van der Waals surface area contributed by atoms with Crippen molar-refractivity contribution in [2.75, 3.05) is 25.7 Å². The normalized spacial score (nSPS) is 14.7. The van der Waals surface area contributed by atoms with Gasteiger partial charge < -0.3 is 15.7 Å². The van der Waals surface area contributed by atoms with Crippen LogP contribution >= 0.6 is 11.8 Å². The Morgan fingerprint density at radius 3 is 2.67 bits per heavy atom. The maximum Gasteiger partial charge on any atom is 0.221 e. The predicted octanol–water partition coefficient (Wildman–Crippen LogP) is 0.215. The van der Waals surface area contributed by atoms with Crippen LogP contribution in [0.1, 0.15) is 19.8 Å². The minimum absolute atomic E-state index is 0.0434. The van der Waals surface area contributed by atoms with E-state index in [1.807, 2.05) is 13.2 Å². The van der Waals surface area contributed by atoms with Crippen LogP contribution in [0.3, 0.4) is 0 Å². The minimum Gasteiger partial charge on any atom is -0.396 e. The Labute approximate surface area is 96.2 Å². The van der Waals surface area contributed by atoms with Gasteiger partial charge in [-0.2, -0.15) is 11.8 Å². The summed E-state index contributed by atoms with van der Waals surface area (Å²) in [5.74, 6) is 1.00. The highest BCUT2D eigenvalue weighted by atomic mass is 32.2. The molecule has 90 valence electrons. The summed E-state index contributed by atoms with van der Waals surface area (Å²) < 4.78 is 0. The number of carbonyl (C=O) groups excluding carboxylic acids is 1. The molecule has 3 N–H and O–H groups in total. The number of hydrogen-bond acceptors (Lipinski definition) is 4. The SMILES string of the molecule is CNC(=O)CC(C)NC(CCO)CSC. The quantitative estimate of drug-likeness (QED) is 0.562. The van der Waals surface area contributed by atoms with E-state index in [1.165, 1.54) is 0 Å². The van der Waals surface area contributed by atoms with E-state index < -0.39 is 0 Å². The Bertz CT molecular complexity index is 173. The van der Waals surface area contributed by atoms with E-state index in [-0.39, 0.29) is 24.6 Å². The first-order valence-electron chi connectivity index (χ1n) is 5.20. The summed E-state index contributed by atoms with van der Waals surface area (Å²) in [5, 5.41) is 14.8. The molecule has 5 heteroatoms. The third-order valence-electron chi connectivity index (χ3n) is 2.14. The van der Waals surface area contributed by atoms with Crippen molar-refractivity contribution in [3.05, 3.63) is 0 Å². The molecule has 0 spiro atoms. The van der Waals surface area contributed by atoms with Crippen LogP contribution in [0.2, 0.25) is 0 Å². The van der Waals surface area contributed by atoms with Crippen LogP contribution in [-0.2, 0) is 4.79 Å². The molecule has 0 aliphatic carbocycles. The maximum absolute atomic E-state index is 11.1. The lowest BCUT2D eigenvalue weighted by atomic mass is 10.1. The first-order valence-corrected chi connectivity index (χ1v) is 6.59. The van der Waals surface area contributed by atoms with Crippen molar-refractivity contribution in [2.45, 2.75) is 31.8 Å². The van der Waals surface area contributed by atoms with E-state index in [9.17, 15) is 4.79 Å². The van der Waals surface area contributed by atoms with Crippen molar-refractivity contribution < 1.29 is 9.90 Å². The Balaban J connectivity index is 3.87. The topological polar surface area (TPSA) is 61.4 Å². The Hall–Kier alpha value is -0.260. The molecular weight excluding hydrogens is 212 g/mol. The second-order valence-corrected chi connectivity index (χ2v) is 4.52. The molecule has 0 saturated heterocycles. The van der Waals surface area contributed by atoms with E-state index in [4.69, 9.17) is 5.11 Å². The van der Waals surface area contributed by atoms with E-state index in [1.54, 1.807) is 18.8 Å². The fourth-order valence-corrected chi connectivity index (χ4v) is 2.08. The van der Waals surface area contributed by atoms with Gasteiger partial charge in [0.2, 0.25) is 5.91 Å². The van der Waals surface area contributed by atoms with Gasteiger partial charge in [-0.05, 0) is 19.6 Å². The Morgan fingerprint density at radius 1 is 1.53 bits per heavy atom. The van der Waals surface area contributed by atoms with Gasteiger partial charge >= 0.3 is 0 Å². The molecule has 15 heavy (non-hydrogen) atoms. The molecule has 0 aromatic heterocycles. The van der Waals surface area contributed by atoms with Crippen LogP contribution in [0.5, 0.6) is 0 Å². The number of rotatable bonds is 8. The van der Waals surface area contributed by atoms with Crippen LogP contribution in [0.25, 0.3) is 0 Å². The maximum atomic E-state index is 11.1. The zero-order valence-corrected chi connectivity index (χ0v) is 10.6. The Morgan fingerprint density at radius 2 is 2.20 bits per heavy atom. The molecule has 0 rings (SSSR count). The molecule has 1 amide bonds. The van der Waals surface area contributed by atoms with Gasteiger partial charge in [-0.15, -0.1) is 0 Å². The molecule has 0 radical (unpaired) electrons. The highest BCUT2D eigenvalue weighted by Crippen LogP contribution is 2.03. The van der Waals surface area contributed by atoms with E-state index >= 15 is 0 Å². The predicted molar refractivity (Wildman–Crippen MR) is 65.2 cm³/mol. The minimum atomic E-state index is 0.0434. The molecule has 0 aromatic carbocycles. The molecule has 0 aliphatic rings. The van der Waals surface area contributed by atoms with E-state index in [2.05, 4.69) is 10.6 Å². The van der Waals surface area contributed by atoms with Crippen LogP contribution in [0, 0.1) is 0 Å². The van der Waals surface area contributed by atoms with Crippen molar-refractivity contribution >= 4 is 17.7 Å². The highest BCUT2D eigenvalue weighted by Gasteiger charge is 2.13. The van der Waals surface area contributed by atoms with E-state index in [0.29, 0.717) is 6.42 Å². The summed E-state index contributed by atoms with van der Waals surface area (Å²) in [5.41, 5.74) is 0. The van der Waals surface area contributed by atoms with Gasteiger partial charge in [0.05, 0.1) is 0 Å². The van der Waals surface area contributed by atoms with Gasteiger partial charge in [-0.25, -0.2) is 0 Å². The van der Waals surface area contributed by atoms with Crippen molar-refractivity contribution in [1.29, 1.82) is 0 Å². The summed E-state index contributed by atoms with van der Waals surface area (Å²) in [6.45, 7) is 2.17. The monoisotopic (exact) mass is 234 g/mol. The van der Waals surface area contributed by atoms with Gasteiger partial charge in [-0.1, -0.05) is 0 Å². The third kappa shape index (κ3) is 7.64. The van der Waals surface area contributed by atoms with Crippen LogP contribution in [0.4, 0.5) is 0 Å². The molecule has 2 unspecified atom stereocenters. The second kappa shape index (κ2) is 9.00. The van der Waals surface area contributed by atoms with Crippen molar-refractivity contribution in [3.63, 3.8) is 0 Å². The molecule has 4 nitrogen and oxygen atoms in total. The van der Waals surface area contributed by atoms with Crippen molar-refractivity contribution in [1.82, 2.24) is 10.6 Å². The highest BCUT2D eigenvalue weighted by molar-refractivity contribution is 7.98. The van der Waals surface area contributed by atoms with Crippen molar-refractivity contribution in [2.24, 2.45) is 0 Å². The van der Waals surface area contributed by atoms with Gasteiger partial charge in [0.15, 0.2) is 0 Å². The van der Waals surface area contributed by atoms with E-state index in [0.717, 1.165) is 12.2 Å². The summed E-state index contributed by atoms with van der Waals surface area (Å²) in [6.07, 6.45) is 3.25. The average molecular weight is 234 g/mol.